The highest BCUT2D eigenvalue weighted by atomic mass is 19.1. The Morgan fingerprint density at radius 3 is 2.25 bits per heavy atom. The van der Waals surface area contributed by atoms with Gasteiger partial charge in [0, 0.05) is 61.0 Å². The largest absolute Gasteiger partial charge is 0.444 e. The van der Waals surface area contributed by atoms with Gasteiger partial charge in [-0.3, -0.25) is 9.59 Å². The molecule has 2 aromatic carbocycles. The minimum Gasteiger partial charge on any atom is -0.444 e. The molecule has 4 aromatic rings. The van der Waals surface area contributed by atoms with E-state index in [1.807, 2.05) is 43.2 Å². The van der Waals surface area contributed by atoms with Crippen LogP contribution >= 0.6 is 0 Å². The Kier molecular flexibility index (Phi) is 10.6. The highest BCUT2D eigenvalue weighted by Crippen LogP contribution is 2.53. The molecule has 5 aliphatic rings. The van der Waals surface area contributed by atoms with E-state index in [0.717, 1.165) is 53.8 Å². The van der Waals surface area contributed by atoms with Gasteiger partial charge in [0.1, 0.15) is 16.9 Å². The molecule has 12 nitrogen and oxygen atoms in total. The molecule has 0 atom stereocenters. The predicted molar refractivity (Wildman–Crippen MR) is 235 cm³/mol. The van der Waals surface area contributed by atoms with Crippen LogP contribution in [0.25, 0.3) is 22.3 Å². The lowest BCUT2D eigenvalue weighted by Gasteiger charge is -2.48. The van der Waals surface area contributed by atoms with E-state index < -0.39 is 16.4 Å². The van der Waals surface area contributed by atoms with Crippen molar-refractivity contribution >= 4 is 46.1 Å². The Balaban J connectivity index is 1.01. The van der Waals surface area contributed by atoms with E-state index in [9.17, 15) is 9.59 Å². The molecular weight excluding hydrogens is 772 g/mol. The van der Waals surface area contributed by atoms with Crippen molar-refractivity contribution in [3.63, 3.8) is 0 Å². The van der Waals surface area contributed by atoms with Gasteiger partial charge in [0.2, 0.25) is 11.8 Å². The number of nitrogens with one attached hydrogen (secondary N) is 1. The van der Waals surface area contributed by atoms with Crippen LogP contribution < -0.4 is 10.2 Å². The number of benzene rings is 2. The van der Waals surface area contributed by atoms with Crippen LogP contribution in [0, 0.1) is 11.2 Å². The fourth-order valence-electron chi connectivity index (χ4n) is 10.5. The Bertz CT molecular complexity index is 2320. The molecule has 0 unspecified atom stereocenters. The Hall–Kier alpha value is -5.04. The summed E-state index contributed by atoms with van der Waals surface area (Å²) in [6.45, 7) is 16.0. The van der Waals surface area contributed by atoms with E-state index in [1.165, 1.54) is 25.3 Å². The number of halogens is 1. The van der Waals surface area contributed by atoms with E-state index in [2.05, 4.69) is 47.2 Å². The quantitative estimate of drug-likeness (QED) is 0.197. The third-order valence-corrected chi connectivity index (χ3v) is 14.2. The lowest BCUT2D eigenvalue weighted by atomic mass is 9.72. The highest BCUT2D eigenvalue weighted by Gasteiger charge is 2.56. The summed E-state index contributed by atoms with van der Waals surface area (Å²) in [5.74, 6) is 0.392. The summed E-state index contributed by atoms with van der Waals surface area (Å²) < 4.78 is 22.7. The van der Waals surface area contributed by atoms with Crippen LogP contribution in [0.2, 0.25) is 0 Å². The molecule has 4 fully saturated rings. The first-order valence-electron chi connectivity index (χ1n) is 22.5. The number of amides is 3. The van der Waals surface area contributed by atoms with E-state index in [0.29, 0.717) is 75.1 Å². The first-order valence-corrected chi connectivity index (χ1v) is 22.5. The van der Waals surface area contributed by atoms with Crippen LogP contribution in [-0.4, -0.2) is 104 Å². The fourth-order valence-corrected chi connectivity index (χ4v) is 10.5. The van der Waals surface area contributed by atoms with Gasteiger partial charge in [-0.15, -0.1) is 0 Å². The highest BCUT2D eigenvalue weighted by molar-refractivity contribution is 6.09. The molecule has 1 N–H and O–H groups in total. The van der Waals surface area contributed by atoms with Crippen LogP contribution in [0.3, 0.4) is 0 Å². The van der Waals surface area contributed by atoms with Gasteiger partial charge in [0.05, 0.1) is 28.6 Å². The molecule has 0 radical (unpaired) electrons. The van der Waals surface area contributed by atoms with Gasteiger partial charge in [-0.25, -0.2) is 19.2 Å². The molecule has 3 amide bonds. The van der Waals surface area contributed by atoms with Crippen molar-refractivity contribution in [1.82, 2.24) is 29.2 Å². The van der Waals surface area contributed by atoms with E-state index in [4.69, 9.17) is 14.7 Å². The number of pyridine rings is 1. The summed E-state index contributed by atoms with van der Waals surface area (Å²) in [7, 11) is 0. The minimum absolute atomic E-state index is 0.0944. The van der Waals surface area contributed by atoms with Crippen LogP contribution in [0.5, 0.6) is 0 Å². The molecular formula is C48H61FN8O4. The summed E-state index contributed by atoms with van der Waals surface area (Å²) in [5.41, 5.74) is 3.48. The van der Waals surface area contributed by atoms with E-state index >= 15 is 9.18 Å². The number of anilines is 3. The first-order chi connectivity index (χ1) is 29.1. The molecule has 6 heterocycles. The van der Waals surface area contributed by atoms with Crippen molar-refractivity contribution in [1.29, 1.82) is 0 Å². The van der Waals surface area contributed by atoms with Crippen molar-refractivity contribution in [2.24, 2.45) is 5.41 Å². The molecule has 324 valence electrons. The maximum atomic E-state index is 15.2. The second kappa shape index (κ2) is 15.7. The number of fused-ring (bicyclic) bond motifs is 3. The van der Waals surface area contributed by atoms with Gasteiger partial charge in [-0.05, 0) is 129 Å². The molecule has 9 rings (SSSR count). The number of hydrogen-bond acceptors (Lipinski definition) is 8. The predicted octanol–water partition coefficient (Wildman–Crippen LogP) is 8.82. The Morgan fingerprint density at radius 2 is 1.57 bits per heavy atom. The van der Waals surface area contributed by atoms with Crippen molar-refractivity contribution in [3.05, 3.63) is 66.2 Å². The Labute approximate surface area is 358 Å². The van der Waals surface area contributed by atoms with Gasteiger partial charge < -0.3 is 34.2 Å². The first kappa shape index (κ1) is 41.3. The molecule has 3 saturated heterocycles. The molecule has 4 aliphatic heterocycles. The molecule has 13 heteroatoms. The molecule has 1 saturated carbocycles. The lowest BCUT2D eigenvalue weighted by Crippen LogP contribution is -2.59. The van der Waals surface area contributed by atoms with Crippen molar-refractivity contribution in [2.45, 2.75) is 128 Å². The maximum absolute atomic E-state index is 15.2. The van der Waals surface area contributed by atoms with Gasteiger partial charge >= 0.3 is 6.09 Å². The van der Waals surface area contributed by atoms with Crippen LogP contribution in [0.15, 0.2) is 54.9 Å². The van der Waals surface area contributed by atoms with Crippen molar-refractivity contribution < 1.29 is 23.5 Å². The number of imidazole rings is 1. The maximum Gasteiger partial charge on any atom is 0.410 e. The Morgan fingerprint density at radius 1 is 0.885 bits per heavy atom. The summed E-state index contributed by atoms with van der Waals surface area (Å²) in [4.78, 5) is 60.5. The number of carbonyl (C=O) groups is 3. The molecule has 1 aliphatic carbocycles. The summed E-state index contributed by atoms with van der Waals surface area (Å²) >= 11 is 0. The third kappa shape index (κ3) is 7.54. The van der Waals surface area contributed by atoms with Crippen molar-refractivity contribution in [2.75, 3.05) is 49.5 Å². The number of aromatic nitrogens is 3. The average Bonchev–Trinajstić information content (AvgIpc) is 3.76. The molecule has 2 aromatic heterocycles. The second-order valence-corrected chi connectivity index (χ2v) is 19.8. The zero-order valence-electron chi connectivity index (χ0n) is 36.7. The standard InChI is InChI=1S/C48H61FN8O4/c1-31(2)56-30-50-39-29-38(52-42(41(39)56)51-37-13-9-8-12-36(37)49)32-14-15-35-40(26-32)57(34-27-33(28-34)53-20-10-7-11-21-53)44(59)48(35)18-24-54(25-19-48)43(58)47(6)16-22-55(23-17-47)45(60)61-46(3,4)5/h8-9,12-15,26,29-31,33-34H,7,10-11,16-25,27-28H2,1-6H3,(H,51,52)/t33-,34+. The SMILES string of the molecule is CC(C)n1cnc2cc(-c3ccc4c(c3)N([C@H]3C[C@@H](N5CCCCC5)C3)C(=O)C43CCN(C(=O)C4(C)CCN(C(=O)OC(C)(C)C)CC4)CC3)nc(Nc3ccccc3F)c21. The van der Waals surface area contributed by atoms with Gasteiger partial charge in [0.15, 0.2) is 5.82 Å². The molecule has 0 bridgehead atoms. The topological polar surface area (TPSA) is 116 Å². The third-order valence-electron chi connectivity index (χ3n) is 14.2. The fraction of sp³-hybridized carbons (Fsp3) is 0.562. The number of hydrogen-bond donors (Lipinski definition) is 1. The number of rotatable bonds is 7. The lowest BCUT2D eigenvalue weighted by molar-refractivity contribution is -0.147. The van der Waals surface area contributed by atoms with E-state index in [1.54, 1.807) is 29.4 Å². The summed E-state index contributed by atoms with van der Waals surface area (Å²) in [5, 5.41) is 3.28. The molecule has 61 heavy (non-hydrogen) atoms. The summed E-state index contributed by atoms with van der Waals surface area (Å²) in [6, 6.07) is 15.6. The number of para-hydroxylation sites is 1. The smallest absolute Gasteiger partial charge is 0.410 e. The number of ether oxygens (including phenoxy) is 1. The van der Waals surface area contributed by atoms with Gasteiger partial charge in [-0.2, -0.15) is 0 Å². The van der Waals surface area contributed by atoms with Crippen LogP contribution in [0.1, 0.15) is 111 Å². The second-order valence-electron chi connectivity index (χ2n) is 19.8. The summed E-state index contributed by atoms with van der Waals surface area (Å²) in [6.07, 6.45) is 9.36. The van der Waals surface area contributed by atoms with Gasteiger partial charge in [-0.1, -0.05) is 37.6 Å². The van der Waals surface area contributed by atoms with Crippen LogP contribution in [-0.2, 0) is 19.7 Å². The number of carbonyl (C=O) groups excluding carboxylic acids is 3. The zero-order valence-corrected chi connectivity index (χ0v) is 36.7. The monoisotopic (exact) mass is 832 g/mol. The van der Waals surface area contributed by atoms with Crippen LogP contribution in [0.4, 0.5) is 26.4 Å². The van der Waals surface area contributed by atoms with E-state index in [-0.39, 0.29) is 35.8 Å². The zero-order chi connectivity index (χ0) is 42.8. The number of piperidine rings is 3. The average molecular weight is 833 g/mol. The molecule has 1 spiro atoms. The normalized spacial score (nSPS) is 22.8. The van der Waals surface area contributed by atoms with Crippen molar-refractivity contribution in [3.8, 4) is 11.3 Å². The number of likely N-dealkylation sites (tertiary alicyclic amines) is 3. The number of nitrogens with zero attached hydrogens (tertiary/aromatic N) is 7. The van der Waals surface area contributed by atoms with Gasteiger partial charge in [0.25, 0.3) is 0 Å². The minimum atomic E-state index is -0.729.